The van der Waals surface area contributed by atoms with E-state index < -0.39 is 0 Å². The second-order valence-corrected chi connectivity index (χ2v) is 3.03. The molecule has 0 bridgehead atoms. The number of rotatable bonds is 4. The van der Waals surface area contributed by atoms with Gasteiger partial charge in [-0.1, -0.05) is 25.1 Å². The lowest BCUT2D eigenvalue weighted by molar-refractivity contribution is 0.259. The molecule has 1 unspecified atom stereocenters. The summed E-state index contributed by atoms with van der Waals surface area (Å²) in [5.74, 6) is 1.06. The third-order valence-corrected chi connectivity index (χ3v) is 2.29. The van der Waals surface area contributed by atoms with Gasteiger partial charge in [-0.2, -0.15) is 0 Å². The fourth-order valence-corrected chi connectivity index (χ4v) is 1.45. The first-order valence-electron chi connectivity index (χ1n) is 4.57. The summed E-state index contributed by atoms with van der Waals surface area (Å²) in [5, 5.41) is 9.14. The normalized spacial score (nSPS) is 12.5. The quantitative estimate of drug-likeness (QED) is 0.769. The average Bonchev–Trinajstić information content (AvgIpc) is 2.20. The van der Waals surface area contributed by atoms with Gasteiger partial charge in [-0.05, 0) is 18.1 Å². The zero-order valence-electron chi connectivity index (χ0n) is 8.16. The van der Waals surface area contributed by atoms with Crippen molar-refractivity contribution in [3.63, 3.8) is 0 Å². The highest BCUT2D eigenvalue weighted by Gasteiger charge is 2.11. The summed E-state index contributed by atoms with van der Waals surface area (Å²) >= 11 is 0. The Morgan fingerprint density at radius 2 is 2.08 bits per heavy atom. The predicted molar refractivity (Wildman–Crippen MR) is 53.1 cm³/mol. The van der Waals surface area contributed by atoms with Crippen LogP contribution in [-0.4, -0.2) is 18.8 Å². The van der Waals surface area contributed by atoms with Crippen LogP contribution >= 0.6 is 0 Å². The lowest BCUT2D eigenvalue weighted by Crippen LogP contribution is -2.04. The summed E-state index contributed by atoms with van der Waals surface area (Å²) in [6.07, 6.45) is 0.927. The van der Waals surface area contributed by atoms with Crippen molar-refractivity contribution in [3.05, 3.63) is 29.8 Å². The molecule has 0 amide bonds. The van der Waals surface area contributed by atoms with E-state index in [4.69, 9.17) is 9.84 Å². The van der Waals surface area contributed by atoms with E-state index >= 15 is 0 Å². The average molecular weight is 180 g/mol. The van der Waals surface area contributed by atoms with Gasteiger partial charge in [0.05, 0.1) is 13.7 Å². The van der Waals surface area contributed by atoms with Crippen molar-refractivity contribution in [3.8, 4) is 5.75 Å². The van der Waals surface area contributed by atoms with Gasteiger partial charge in [-0.3, -0.25) is 0 Å². The van der Waals surface area contributed by atoms with Crippen molar-refractivity contribution in [1.82, 2.24) is 0 Å². The number of hydrogen-bond donors (Lipinski definition) is 1. The largest absolute Gasteiger partial charge is 0.496 e. The number of para-hydroxylation sites is 1. The second kappa shape index (κ2) is 4.87. The standard InChI is InChI=1S/C11H16O2/c1-3-9(8-12)10-6-4-5-7-11(10)13-2/h4-7,9,12H,3,8H2,1-2H3. The summed E-state index contributed by atoms with van der Waals surface area (Å²) in [6, 6.07) is 7.83. The zero-order chi connectivity index (χ0) is 9.68. The molecule has 2 heteroatoms. The molecule has 0 aromatic heterocycles. The van der Waals surface area contributed by atoms with E-state index in [1.165, 1.54) is 0 Å². The molecule has 0 heterocycles. The molecule has 0 radical (unpaired) electrons. The number of ether oxygens (including phenoxy) is 1. The highest BCUT2D eigenvalue weighted by atomic mass is 16.5. The van der Waals surface area contributed by atoms with Crippen LogP contribution in [0.4, 0.5) is 0 Å². The first-order valence-corrected chi connectivity index (χ1v) is 4.57. The molecule has 1 rings (SSSR count). The van der Waals surface area contributed by atoms with Crippen molar-refractivity contribution >= 4 is 0 Å². The van der Waals surface area contributed by atoms with E-state index in [0.29, 0.717) is 0 Å². The maximum absolute atomic E-state index is 9.14. The van der Waals surface area contributed by atoms with Crippen molar-refractivity contribution in [1.29, 1.82) is 0 Å². The SMILES string of the molecule is CCC(CO)c1ccccc1OC. The Hall–Kier alpha value is -1.02. The molecule has 72 valence electrons. The van der Waals surface area contributed by atoms with Crippen LogP contribution in [0.5, 0.6) is 5.75 Å². The monoisotopic (exact) mass is 180 g/mol. The maximum Gasteiger partial charge on any atom is 0.122 e. The van der Waals surface area contributed by atoms with Gasteiger partial charge in [-0.15, -0.1) is 0 Å². The first kappa shape index (κ1) is 10.1. The van der Waals surface area contributed by atoms with Crippen LogP contribution in [-0.2, 0) is 0 Å². The fourth-order valence-electron chi connectivity index (χ4n) is 1.45. The van der Waals surface area contributed by atoms with Gasteiger partial charge in [0.15, 0.2) is 0 Å². The van der Waals surface area contributed by atoms with Gasteiger partial charge < -0.3 is 9.84 Å². The summed E-state index contributed by atoms with van der Waals surface area (Å²) in [6.45, 7) is 2.24. The highest BCUT2D eigenvalue weighted by molar-refractivity contribution is 5.36. The Balaban J connectivity index is 2.96. The fraction of sp³-hybridized carbons (Fsp3) is 0.455. The molecule has 1 aromatic rings. The summed E-state index contributed by atoms with van der Waals surface area (Å²) in [7, 11) is 1.66. The van der Waals surface area contributed by atoms with Crippen LogP contribution in [0.1, 0.15) is 24.8 Å². The molecule has 1 aromatic carbocycles. The van der Waals surface area contributed by atoms with Gasteiger partial charge >= 0.3 is 0 Å². The van der Waals surface area contributed by atoms with E-state index in [1.54, 1.807) is 7.11 Å². The molecule has 0 aliphatic rings. The number of aliphatic hydroxyl groups excluding tert-OH is 1. The highest BCUT2D eigenvalue weighted by Crippen LogP contribution is 2.27. The number of methoxy groups -OCH3 is 1. The van der Waals surface area contributed by atoms with Gasteiger partial charge in [0.25, 0.3) is 0 Å². The molecular formula is C11H16O2. The smallest absolute Gasteiger partial charge is 0.122 e. The molecule has 0 saturated heterocycles. The van der Waals surface area contributed by atoms with Crippen LogP contribution in [0.3, 0.4) is 0 Å². The Bertz CT molecular complexity index is 254. The molecule has 0 aliphatic carbocycles. The molecule has 0 saturated carbocycles. The van der Waals surface area contributed by atoms with E-state index in [2.05, 4.69) is 6.92 Å². The van der Waals surface area contributed by atoms with Gasteiger partial charge in [-0.25, -0.2) is 0 Å². The molecule has 13 heavy (non-hydrogen) atoms. The third-order valence-electron chi connectivity index (χ3n) is 2.29. The topological polar surface area (TPSA) is 29.5 Å². The molecule has 0 fully saturated rings. The lowest BCUT2D eigenvalue weighted by Gasteiger charge is -2.15. The van der Waals surface area contributed by atoms with Crippen molar-refractivity contribution in [2.75, 3.05) is 13.7 Å². The minimum atomic E-state index is 0.177. The zero-order valence-corrected chi connectivity index (χ0v) is 8.16. The minimum Gasteiger partial charge on any atom is -0.496 e. The molecule has 2 nitrogen and oxygen atoms in total. The molecule has 0 aliphatic heterocycles. The summed E-state index contributed by atoms with van der Waals surface area (Å²) < 4.78 is 5.22. The Kier molecular flexibility index (Phi) is 3.77. The van der Waals surface area contributed by atoms with Gasteiger partial charge in [0.1, 0.15) is 5.75 Å². The van der Waals surface area contributed by atoms with Crippen LogP contribution in [0.15, 0.2) is 24.3 Å². The lowest BCUT2D eigenvalue weighted by atomic mass is 9.96. The van der Waals surface area contributed by atoms with Gasteiger partial charge in [0.2, 0.25) is 0 Å². The first-order chi connectivity index (χ1) is 6.33. The minimum absolute atomic E-state index is 0.177. The molecule has 0 spiro atoms. The van der Waals surface area contributed by atoms with Crippen LogP contribution < -0.4 is 4.74 Å². The molecular weight excluding hydrogens is 164 g/mol. The Morgan fingerprint density at radius 3 is 2.62 bits per heavy atom. The van der Waals surface area contributed by atoms with Gasteiger partial charge in [0, 0.05) is 5.92 Å². The molecule has 1 atom stereocenters. The predicted octanol–water partition coefficient (Wildman–Crippen LogP) is 2.18. The van der Waals surface area contributed by atoms with Crippen LogP contribution in [0.2, 0.25) is 0 Å². The van der Waals surface area contributed by atoms with E-state index in [-0.39, 0.29) is 12.5 Å². The number of hydrogen-bond acceptors (Lipinski definition) is 2. The second-order valence-electron chi connectivity index (χ2n) is 3.03. The summed E-state index contributed by atoms with van der Waals surface area (Å²) in [4.78, 5) is 0. The maximum atomic E-state index is 9.14. The summed E-state index contributed by atoms with van der Waals surface area (Å²) in [5.41, 5.74) is 1.09. The number of aliphatic hydroxyl groups is 1. The van der Waals surface area contributed by atoms with Crippen molar-refractivity contribution in [2.45, 2.75) is 19.3 Å². The van der Waals surface area contributed by atoms with Crippen molar-refractivity contribution < 1.29 is 9.84 Å². The van der Waals surface area contributed by atoms with E-state index in [1.807, 2.05) is 24.3 Å². The molecule has 1 N–H and O–H groups in total. The number of benzene rings is 1. The van der Waals surface area contributed by atoms with E-state index in [9.17, 15) is 0 Å². The van der Waals surface area contributed by atoms with E-state index in [0.717, 1.165) is 17.7 Å². The van der Waals surface area contributed by atoms with Crippen LogP contribution in [0.25, 0.3) is 0 Å². The Labute approximate surface area is 79.2 Å². The van der Waals surface area contributed by atoms with Crippen molar-refractivity contribution in [2.24, 2.45) is 0 Å². The van der Waals surface area contributed by atoms with Crippen LogP contribution in [0, 0.1) is 0 Å². The Morgan fingerprint density at radius 1 is 1.38 bits per heavy atom. The third kappa shape index (κ3) is 2.22.